The molecule has 0 atom stereocenters. The van der Waals surface area contributed by atoms with E-state index >= 15 is 0 Å². The van der Waals surface area contributed by atoms with Crippen LogP contribution in [0.15, 0.2) is 24.3 Å². The largest absolute Gasteiger partial charge is 0.0761 e. The molecule has 0 spiro atoms. The van der Waals surface area contributed by atoms with Crippen molar-refractivity contribution in [3.8, 4) is 0 Å². The molecular weight excluding hydrogens is 440 g/mol. The SMILES string of the molecule is BrC(Br)Cc1cccc(CC(Br)Br)c1. The molecule has 0 amide bonds. The first-order chi connectivity index (χ1) is 6.58. The second kappa shape index (κ2) is 6.66. The number of benzene rings is 1. The van der Waals surface area contributed by atoms with Crippen molar-refractivity contribution in [2.75, 3.05) is 0 Å². The van der Waals surface area contributed by atoms with E-state index in [0.29, 0.717) is 7.47 Å². The minimum absolute atomic E-state index is 0.356. The van der Waals surface area contributed by atoms with Gasteiger partial charge in [-0.15, -0.1) is 0 Å². The quantitative estimate of drug-likeness (QED) is 0.567. The summed E-state index contributed by atoms with van der Waals surface area (Å²) in [6, 6.07) is 8.65. The van der Waals surface area contributed by atoms with Gasteiger partial charge in [0.1, 0.15) is 0 Å². The second-order valence-corrected chi connectivity index (χ2v) is 9.89. The zero-order valence-electron chi connectivity index (χ0n) is 7.39. The van der Waals surface area contributed by atoms with E-state index in [9.17, 15) is 0 Å². The van der Waals surface area contributed by atoms with Gasteiger partial charge in [0.15, 0.2) is 0 Å². The molecular formula is C10H10Br4. The van der Waals surface area contributed by atoms with Crippen LogP contribution in [0.3, 0.4) is 0 Å². The standard InChI is InChI=1S/C10H10Br4/c11-9(12)5-7-2-1-3-8(4-7)6-10(13)14/h1-4,9-10H,5-6H2. The molecule has 0 aliphatic carbocycles. The molecule has 0 nitrogen and oxygen atoms in total. The highest BCUT2D eigenvalue weighted by Gasteiger charge is 2.04. The smallest absolute Gasteiger partial charge is 0.0738 e. The first-order valence-electron chi connectivity index (χ1n) is 4.22. The summed E-state index contributed by atoms with van der Waals surface area (Å²) >= 11 is 13.9. The van der Waals surface area contributed by atoms with Crippen molar-refractivity contribution in [1.82, 2.24) is 0 Å². The molecule has 0 bridgehead atoms. The van der Waals surface area contributed by atoms with Gasteiger partial charge in [0, 0.05) is 0 Å². The lowest BCUT2D eigenvalue weighted by Crippen LogP contribution is -1.97. The molecule has 0 fully saturated rings. The summed E-state index contributed by atoms with van der Waals surface area (Å²) in [5, 5.41) is 0. The molecule has 0 aromatic heterocycles. The summed E-state index contributed by atoms with van der Waals surface area (Å²) < 4.78 is 0.711. The van der Waals surface area contributed by atoms with E-state index in [1.54, 1.807) is 0 Å². The Hall–Kier alpha value is 1.14. The summed E-state index contributed by atoms with van der Waals surface area (Å²) in [6.45, 7) is 0. The van der Waals surface area contributed by atoms with Gasteiger partial charge in [0.25, 0.3) is 0 Å². The molecule has 0 aliphatic heterocycles. The molecule has 0 N–H and O–H groups in total. The van der Waals surface area contributed by atoms with Gasteiger partial charge in [-0.05, 0) is 24.0 Å². The molecule has 0 heterocycles. The fraction of sp³-hybridized carbons (Fsp3) is 0.400. The van der Waals surface area contributed by atoms with Crippen molar-refractivity contribution in [1.29, 1.82) is 0 Å². The molecule has 14 heavy (non-hydrogen) atoms. The Kier molecular flexibility index (Phi) is 6.29. The minimum atomic E-state index is 0.356. The van der Waals surface area contributed by atoms with Crippen LogP contribution in [-0.2, 0) is 12.8 Å². The Bertz CT molecular complexity index is 258. The Morgan fingerprint density at radius 1 is 0.857 bits per heavy atom. The fourth-order valence-corrected chi connectivity index (χ4v) is 2.74. The van der Waals surface area contributed by atoms with Crippen LogP contribution in [0.5, 0.6) is 0 Å². The van der Waals surface area contributed by atoms with Crippen LogP contribution in [0.2, 0.25) is 0 Å². The topological polar surface area (TPSA) is 0 Å². The Morgan fingerprint density at radius 2 is 1.29 bits per heavy atom. The van der Waals surface area contributed by atoms with E-state index in [0.717, 1.165) is 12.8 Å². The predicted octanol–water partition coefficient (Wildman–Crippen LogP) is 5.00. The highest BCUT2D eigenvalue weighted by molar-refractivity contribution is 9.25. The van der Waals surface area contributed by atoms with Crippen molar-refractivity contribution in [2.24, 2.45) is 0 Å². The molecule has 1 aromatic rings. The highest BCUT2D eigenvalue weighted by Crippen LogP contribution is 2.19. The summed E-state index contributed by atoms with van der Waals surface area (Å²) in [4.78, 5) is 0. The Labute approximate surface area is 118 Å². The van der Waals surface area contributed by atoms with Crippen molar-refractivity contribution < 1.29 is 0 Å². The minimum Gasteiger partial charge on any atom is -0.0761 e. The van der Waals surface area contributed by atoms with Crippen LogP contribution in [-0.4, -0.2) is 7.47 Å². The van der Waals surface area contributed by atoms with E-state index < -0.39 is 0 Å². The maximum absolute atomic E-state index is 3.48. The third kappa shape index (κ3) is 5.29. The molecule has 4 heteroatoms. The number of hydrogen-bond acceptors (Lipinski definition) is 0. The zero-order valence-corrected chi connectivity index (χ0v) is 13.7. The normalized spacial score (nSPS) is 11.3. The van der Waals surface area contributed by atoms with Crippen LogP contribution in [0.4, 0.5) is 0 Å². The highest BCUT2D eigenvalue weighted by atomic mass is 79.9. The average molecular weight is 450 g/mol. The van der Waals surface area contributed by atoms with E-state index in [1.807, 2.05) is 0 Å². The number of hydrogen-bond donors (Lipinski definition) is 0. The third-order valence-corrected chi connectivity index (χ3v) is 3.07. The van der Waals surface area contributed by atoms with Crippen LogP contribution >= 0.6 is 63.7 Å². The first-order valence-corrected chi connectivity index (χ1v) is 7.88. The molecule has 1 aromatic carbocycles. The van der Waals surface area contributed by atoms with Gasteiger partial charge < -0.3 is 0 Å². The lowest BCUT2D eigenvalue weighted by molar-refractivity contribution is 1.08. The maximum atomic E-state index is 3.48. The molecule has 78 valence electrons. The van der Waals surface area contributed by atoms with Crippen LogP contribution < -0.4 is 0 Å². The van der Waals surface area contributed by atoms with Crippen LogP contribution in [0.1, 0.15) is 11.1 Å². The zero-order chi connectivity index (χ0) is 10.6. The Morgan fingerprint density at radius 3 is 1.64 bits per heavy atom. The van der Waals surface area contributed by atoms with E-state index in [2.05, 4.69) is 88.0 Å². The molecule has 1 rings (SSSR count). The summed E-state index contributed by atoms with van der Waals surface area (Å²) in [5.74, 6) is 0. The lowest BCUT2D eigenvalue weighted by Gasteiger charge is -2.06. The van der Waals surface area contributed by atoms with Crippen molar-refractivity contribution >= 4 is 63.7 Å². The second-order valence-electron chi connectivity index (χ2n) is 3.01. The summed E-state index contributed by atoms with van der Waals surface area (Å²) in [7, 11) is 0. The number of halogens is 4. The van der Waals surface area contributed by atoms with Gasteiger partial charge in [-0.3, -0.25) is 0 Å². The monoisotopic (exact) mass is 446 g/mol. The average Bonchev–Trinajstić information content (AvgIpc) is 2.01. The molecule has 0 aliphatic rings. The molecule has 0 radical (unpaired) electrons. The lowest BCUT2D eigenvalue weighted by atomic mass is 10.1. The van der Waals surface area contributed by atoms with Gasteiger partial charge in [-0.25, -0.2) is 0 Å². The van der Waals surface area contributed by atoms with E-state index in [4.69, 9.17) is 0 Å². The number of alkyl halides is 4. The van der Waals surface area contributed by atoms with Gasteiger partial charge >= 0.3 is 0 Å². The third-order valence-electron chi connectivity index (χ3n) is 1.77. The molecule has 0 saturated carbocycles. The number of rotatable bonds is 4. The maximum Gasteiger partial charge on any atom is 0.0738 e. The summed E-state index contributed by atoms with van der Waals surface area (Å²) in [6.07, 6.45) is 2.01. The van der Waals surface area contributed by atoms with E-state index in [-0.39, 0.29) is 0 Å². The Balaban J connectivity index is 2.68. The van der Waals surface area contributed by atoms with Gasteiger partial charge in [0.05, 0.1) is 7.47 Å². The van der Waals surface area contributed by atoms with Crippen molar-refractivity contribution in [2.45, 2.75) is 20.3 Å². The van der Waals surface area contributed by atoms with Crippen LogP contribution in [0, 0.1) is 0 Å². The van der Waals surface area contributed by atoms with Gasteiger partial charge in [0.2, 0.25) is 0 Å². The van der Waals surface area contributed by atoms with Crippen molar-refractivity contribution in [3.05, 3.63) is 35.4 Å². The van der Waals surface area contributed by atoms with E-state index in [1.165, 1.54) is 11.1 Å². The molecule has 0 saturated heterocycles. The predicted molar refractivity (Wildman–Crippen MR) is 77.1 cm³/mol. The summed E-state index contributed by atoms with van der Waals surface area (Å²) in [5.41, 5.74) is 2.70. The fourth-order valence-electron chi connectivity index (χ4n) is 1.24. The van der Waals surface area contributed by atoms with Crippen molar-refractivity contribution in [3.63, 3.8) is 0 Å². The van der Waals surface area contributed by atoms with Gasteiger partial charge in [-0.1, -0.05) is 88.0 Å². The van der Waals surface area contributed by atoms with Crippen LogP contribution in [0.25, 0.3) is 0 Å². The van der Waals surface area contributed by atoms with Gasteiger partial charge in [-0.2, -0.15) is 0 Å². The first kappa shape index (κ1) is 13.2. The molecule has 0 unspecified atom stereocenters.